The maximum absolute atomic E-state index is 5.13. The minimum atomic E-state index is 0.390. The van der Waals surface area contributed by atoms with Gasteiger partial charge in [-0.2, -0.15) is 0 Å². The van der Waals surface area contributed by atoms with Gasteiger partial charge in [0, 0.05) is 16.9 Å². The summed E-state index contributed by atoms with van der Waals surface area (Å²) in [7, 11) is 4.20. The Hall–Kier alpha value is -1.46. The van der Waals surface area contributed by atoms with Crippen LogP contribution in [0.4, 0.5) is 0 Å². The summed E-state index contributed by atoms with van der Waals surface area (Å²) in [5, 5.41) is 7.71. The molecule has 0 amide bonds. The van der Waals surface area contributed by atoms with Crippen molar-refractivity contribution >= 4 is 33.1 Å². The maximum atomic E-state index is 5.13. The number of rotatable bonds is 5. The molecule has 1 aromatic carbocycles. The van der Waals surface area contributed by atoms with Crippen molar-refractivity contribution < 1.29 is 15.1 Å². The third kappa shape index (κ3) is 7.10. The summed E-state index contributed by atoms with van der Waals surface area (Å²) in [5.41, 5.74) is 6.51. The predicted molar refractivity (Wildman–Crippen MR) is 96.4 cm³/mol. The van der Waals surface area contributed by atoms with Crippen LogP contribution in [-0.2, 0) is 15.1 Å². The first-order valence-electron chi connectivity index (χ1n) is 6.96. The van der Waals surface area contributed by atoms with Gasteiger partial charge in [0.2, 0.25) is 0 Å². The molecule has 1 aromatic heterocycles. The standard InChI is InChI=1S/C16H18N4S.ClH.Cu/c1-2-11-18-16(21)20-19-15(13-8-4-3-5-9-13)14-10-6-7-12-17-14;;/h3-10,12H,2,11H2,1H3,(H2,17,18,20,21);1H;/q;;+2/p-2. The van der Waals surface area contributed by atoms with E-state index in [1.165, 1.54) is 0 Å². The summed E-state index contributed by atoms with van der Waals surface area (Å²) >= 11 is 8.79. The van der Waals surface area contributed by atoms with Crippen LogP contribution in [0.5, 0.6) is 0 Å². The van der Waals surface area contributed by atoms with Crippen molar-refractivity contribution in [2.24, 2.45) is 5.10 Å². The van der Waals surface area contributed by atoms with Crippen LogP contribution in [0.3, 0.4) is 0 Å². The fraction of sp³-hybridized carbons (Fsp3) is 0.188. The van der Waals surface area contributed by atoms with E-state index in [0.29, 0.717) is 10.8 Å². The molecular weight excluding hydrogens is 379 g/mol. The zero-order valence-corrected chi connectivity index (χ0v) is 15.1. The van der Waals surface area contributed by atoms with Gasteiger partial charge in [-0.25, -0.2) is 0 Å². The normalized spacial score (nSPS) is 10.3. The van der Waals surface area contributed by atoms with Crippen molar-refractivity contribution in [1.29, 1.82) is 0 Å². The van der Waals surface area contributed by atoms with E-state index in [9.17, 15) is 0 Å². The molecule has 4 nitrogen and oxygen atoms in total. The first-order valence-corrected chi connectivity index (χ1v) is 8.66. The van der Waals surface area contributed by atoms with E-state index in [1.54, 1.807) is 6.20 Å². The van der Waals surface area contributed by atoms with Crippen LogP contribution in [0.1, 0.15) is 24.6 Å². The Labute approximate surface area is 154 Å². The van der Waals surface area contributed by atoms with Crippen LogP contribution < -0.4 is 5.32 Å². The summed E-state index contributed by atoms with van der Waals surface area (Å²) < 4.78 is 0. The topological polar surface area (TPSA) is 51.4 Å². The molecule has 2 aromatic rings. The molecule has 7 heteroatoms. The van der Waals surface area contributed by atoms with Crippen LogP contribution in [0, 0.1) is 0 Å². The monoisotopic (exact) mass is 395 g/mol. The molecule has 2 rings (SSSR count). The summed E-state index contributed by atoms with van der Waals surface area (Å²) in [6.07, 6.45) is 2.73. The van der Waals surface area contributed by atoms with Crippen molar-refractivity contribution in [2.45, 2.75) is 13.3 Å². The Kier molecular flexibility index (Phi) is 10.2. The van der Waals surface area contributed by atoms with E-state index in [-0.39, 0.29) is 0 Å². The van der Waals surface area contributed by atoms with Gasteiger partial charge in [-0.15, -0.1) is 0 Å². The summed E-state index contributed by atoms with van der Waals surface area (Å²) in [6.45, 7) is 2.87. The second kappa shape index (κ2) is 12.0. The van der Waals surface area contributed by atoms with Crippen molar-refractivity contribution in [3.8, 4) is 0 Å². The number of nitrogens with zero attached hydrogens (tertiary/aromatic N) is 3. The third-order valence-electron chi connectivity index (χ3n) is 2.72. The molecule has 23 heavy (non-hydrogen) atoms. The molecule has 0 unspecified atom stereocenters. The molecule has 0 atom stereocenters. The van der Waals surface area contributed by atoms with Crippen LogP contribution in [0.25, 0.3) is 5.43 Å². The SMILES string of the molecule is CCCNC(=S)[N-]/N=C(\c1ccccc1)c1ccccn1.[Cl][Cu+]. The molecular formula is C16H17ClCuN4S. The summed E-state index contributed by atoms with van der Waals surface area (Å²) in [6, 6.07) is 15.5. The number of pyridine rings is 1. The van der Waals surface area contributed by atoms with Gasteiger partial charge in [0.15, 0.2) is 0 Å². The number of aromatic nitrogens is 1. The Bertz CT molecular complexity index is 566. The first kappa shape index (κ1) is 19.6. The molecule has 0 fully saturated rings. The van der Waals surface area contributed by atoms with Gasteiger partial charge in [0.25, 0.3) is 0 Å². The molecule has 0 saturated heterocycles. The number of nitrogens with one attached hydrogen (secondary N) is 1. The predicted octanol–water partition coefficient (Wildman–Crippen LogP) is 4.18. The van der Waals surface area contributed by atoms with Crippen molar-refractivity contribution in [1.82, 2.24) is 10.3 Å². The van der Waals surface area contributed by atoms with E-state index in [4.69, 9.17) is 12.2 Å². The van der Waals surface area contributed by atoms with Crippen LogP contribution in [0.15, 0.2) is 59.8 Å². The van der Waals surface area contributed by atoms with E-state index in [1.807, 2.05) is 48.5 Å². The fourth-order valence-corrected chi connectivity index (χ4v) is 1.86. The molecule has 1 N–H and O–H groups in total. The quantitative estimate of drug-likeness (QED) is 0.357. The Morgan fingerprint density at radius 1 is 1.22 bits per heavy atom. The van der Waals surface area contributed by atoms with Crippen molar-refractivity contribution in [3.05, 3.63) is 71.4 Å². The molecule has 1 heterocycles. The molecule has 0 bridgehead atoms. The fourth-order valence-electron chi connectivity index (χ4n) is 1.72. The number of benzene rings is 1. The second-order valence-corrected chi connectivity index (χ2v) is 4.75. The summed E-state index contributed by atoms with van der Waals surface area (Å²) in [5.74, 6) is 0. The molecule has 0 aliphatic carbocycles. The average molecular weight is 396 g/mol. The van der Waals surface area contributed by atoms with Gasteiger partial charge >= 0.3 is 25.2 Å². The second-order valence-electron chi connectivity index (χ2n) is 4.36. The van der Waals surface area contributed by atoms with Gasteiger partial charge in [0.05, 0.1) is 11.4 Å². The molecule has 125 valence electrons. The van der Waals surface area contributed by atoms with Crippen LogP contribution >= 0.6 is 22.3 Å². The van der Waals surface area contributed by atoms with Crippen molar-refractivity contribution in [2.75, 3.05) is 6.54 Å². The van der Waals surface area contributed by atoms with Crippen LogP contribution in [0.2, 0.25) is 0 Å². The number of hydrogen-bond acceptors (Lipinski definition) is 3. The zero-order valence-electron chi connectivity index (χ0n) is 12.5. The minimum absolute atomic E-state index is 0.390. The number of thiocarbonyl (C=S) groups is 1. The number of halogens is 1. The molecule has 0 aliphatic heterocycles. The van der Waals surface area contributed by atoms with Crippen molar-refractivity contribution in [3.63, 3.8) is 0 Å². The van der Waals surface area contributed by atoms with Crippen LogP contribution in [-0.4, -0.2) is 22.4 Å². The summed E-state index contributed by atoms with van der Waals surface area (Å²) in [4.78, 5) is 4.34. The van der Waals surface area contributed by atoms with Gasteiger partial charge in [-0.3, -0.25) is 10.1 Å². The van der Waals surface area contributed by atoms with Gasteiger partial charge in [-0.05, 0) is 12.1 Å². The Balaban J connectivity index is 0.00000127. The Morgan fingerprint density at radius 3 is 2.52 bits per heavy atom. The molecule has 0 radical (unpaired) electrons. The van der Waals surface area contributed by atoms with E-state index >= 15 is 0 Å². The van der Waals surface area contributed by atoms with Gasteiger partial charge in [-0.1, -0.05) is 68.5 Å². The Morgan fingerprint density at radius 2 is 1.91 bits per heavy atom. The molecule has 0 spiro atoms. The van der Waals surface area contributed by atoms with E-state index < -0.39 is 0 Å². The molecule has 0 saturated carbocycles. The zero-order chi connectivity index (χ0) is 16.9. The number of hydrogen-bond donors (Lipinski definition) is 1. The third-order valence-corrected chi connectivity index (χ3v) is 2.95. The average Bonchev–Trinajstić information content (AvgIpc) is 2.63. The van der Waals surface area contributed by atoms with E-state index in [2.05, 4.69) is 53.0 Å². The van der Waals surface area contributed by atoms with Gasteiger partial charge < -0.3 is 10.7 Å². The molecule has 0 aliphatic rings. The van der Waals surface area contributed by atoms with Gasteiger partial charge in [0.1, 0.15) is 0 Å². The first-order chi connectivity index (χ1) is 11.3. The van der Waals surface area contributed by atoms with E-state index in [0.717, 1.165) is 24.2 Å².